The number of esters is 1. The SMILES string of the molecule is COC(=O)CCCCCCCCCCCCCI. The van der Waals surface area contributed by atoms with Crippen LogP contribution in [0, 0.1) is 0 Å². The molecular formula is C15H29IO2. The maximum atomic E-state index is 10.9. The highest BCUT2D eigenvalue weighted by Gasteiger charge is 1.99. The minimum absolute atomic E-state index is 0.0681. The largest absolute Gasteiger partial charge is 0.469 e. The van der Waals surface area contributed by atoms with Crippen LogP contribution in [0.5, 0.6) is 0 Å². The van der Waals surface area contributed by atoms with Gasteiger partial charge in [-0.25, -0.2) is 0 Å². The number of carbonyl (C=O) groups excluding carboxylic acids is 1. The minimum atomic E-state index is -0.0681. The van der Waals surface area contributed by atoms with Gasteiger partial charge >= 0.3 is 5.97 Å². The summed E-state index contributed by atoms with van der Waals surface area (Å²) in [5, 5.41) is 0. The van der Waals surface area contributed by atoms with E-state index in [1.165, 1.54) is 75.7 Å². The predicted octanol–water partition coefficient (Wildman–Crippen LogP) is 5.28. The monoisotopic (exact) mass is 368 g/mol. The Hall–Kier alpha value is 0.200. The van der Waals surface area contributed by atoms with Gasteiger partial charge in [0.2, 0.25) is 0 Å². The van der Waals surface area contributed by atoms with E-state index in [1.807, 2.05) is 0 Å². The predicted molar refractivity (Wildman–Crippen MR) is 86.3 cm³/mol. The zero-order chi connectivity index (χ0) is 13.5. The summed E-state index contributed by atoms with van der Waals surface area (Å²) in [5.41, 5.74) is 0. The molecule has 0 unspecified atom stereocenters. The van der Waals surface area contributed by atoms with Crippen molar-refractivity contribution in [3.63, 3.8) is 0 Å². The maximum absolute atomic E-state index is 10.9. The van der Waals surface area contributed by atoms with Crippen molar-refractivity contribution in [2.24, 2.45) is 0 Å². The van der Waals surface area contributed by atoms with Crippen LogP contribution < -0.4 is 0 Å². The third-order valence-electron chi connectivity index (χ3n) is 3.24. The second-order valence-electron chi connectivity index (χ2n) is 4.90. The van der Waals surface area contributed by atoms with Gasteiger partial charge < -0.3 is 4.74 Å². The van der Waals surface area contributed by atoms with Crippen molar-refractivity contribution in [2.75, 3.05) is 11.5 Å². The number of hydrogen-bond donors (Lipinski definition) is 0. The highest BCUT2D eigenvalue weighted by atomic mass is 127. The number of halogens is 1. The van der Waals surface area contributed by atoms with Gasteiger partial charge in [-0.15, -0.1) is 0 Å². The fourth-order valence-corrected chi connectivity index (χ4v) is 2.60. The first-order chi connectivity index (χ1) is 8.81. The molecule has 0 radical (unpaired) electrons. The summed E-state index contributed by atoms with van der Waals surface area (Å²) in [6.45, 7) is 0. The number of methoxy groups -OCH3 is 1. The minimum Gasteiger partial charge on any atom is -0.469 e. The van der Waals surface area contributed by atoms with Gasteiger partial charge in [-0.2, -0.15) is 0 Å². The Morgan fingerprint density at radius 1 is 0.778 bits per heavy atom. The van der Waals surface area contributed by atoms with E-state index in [2.05, 4.69) is 27.3 Å². The normalized spacial score (nSPS) is 10.6. The lowest BCUT2D eigenvalue weighted by Gasteiger charge is -2.02. The zero-order valence-electron chi connectivity index (χ0n) is 11.9. The van der Waals surface area contributed by atoms with Crippen molar-refractivity contribution in [2.45, 2.75) is 77.0 Å². The van der Waals surface area contributed by atoms with E-state index in [4.69, 9.17) is 0 Å². The van der Waals surface area contributed by atoms with Crippen LogP contribution in [0.1, 0.15) is 77.0 Å². The van der Waals surface area contributed by atoms with Crippen LogP contribution in [0.25, 0.3) is 0 Å². The van der Waals surface area contributed by atoms with Gasteiger partial charge in [-0.3, -0.25) is 4.79 Å². The van der Waals surface area contributed by atoms with Crippen molar-refractivity contribution in [1.82, 2.24) is 0 Å². The summed E-state index contributed by atoms with van der Waals surface area (Å²) in [6, 6.07) is 0. The fourth-order valence-electron chi connectivity index (χ4n) is 2.06. The van der Waals surface area contributed by atoms with Crippen LogP contribution in [0.3, 0.4) is 0 Å². The Morgan fingerprint density at radius 3 is 1.56 bits per heavy atom. The maximum Gasteiger partial charge on any atom is 0.305 e. The van der Waals surface area contributed by atoms with E-state index in [0.29, 0.717) is 6.42 Å². The van der Waals surface area contributed by atoms with Crippen LogP contribution in [-0.4, -0.2) is 17.5 Å². The van der Waals surface area contributed by atoms with E-state index in [1.54, 1.807) is 0 Å². The number of rotatable bonds is 13. The first-order valence-electron chi connectivity index (χ1n) is 7.44. The summed E-state index contributed by atoms with van der Waals surface area (Å²) in [4.78, 5) is 10.9. The van der Waals surface area contributed by atoms with E-state index >= 15 is 0 Å². The summed E-state index contributed by atoms with van der Waals surface area (Å²) >= 11 is 2.46. The molecule has 0 amide bonds. The molecule has 0 aromatic rings. The molecule has 0 rings (SSSR count). The molecular weight excluding hydrogens is 339 g/mol. The topological polar surface area (TPSA) is 26.3 Å². The molecule has 0 aromatic heterocycles. The smallest absolute Gasteiger partial charge is 0.305 e. The van der Waals surface area contributed by atoms with Crippen LogP contribution in [0.4, 0.5) is 0 Å². The van der Waals surface area contributed by atoms with Crippen LogP contribution in [-0.2, 0) is 9.53 Å². The Labute approximate surface area is 126 Å². The second kappa shape index (κ2) is 15.3. The van der Waals surface area contributed by atoms with Gasteiger partial charge in [-0.05, 0) is 17.3 Å². The molecule has 0 spiro atoms. The molecule has 2 nitrogen and oxygen atoms in total. The van der Waals surface area contributed by atoms with Crippen molar-refractivity contribution >= 4 is 28.6 Å². The molecule has 0 saturated heterocycles. The molecule has 0 bridgehead atoms. The molecule has 0 saturated carbocycles. The molecule has 0 aromatic carbocycles. The lowest BCUT2D eigenvalue weighted by atomic mass is 10.1. The molecule has 18 heavy (non-hydrogen) atoms. The van der Waals surface area contributed by atoms with E-state index < -0.39 is 0 Å². The Bertz CT molecular complexity index is 183. The first-order valence-corrected chi connectivity index (χ1v) is 8.96. The summed E-state index contributed by atoms with van der Waals surface area (Å²) in [5.74, 6) is -0.0681. The highest BCUT2D eigenvalue weighted by Crippen LogP contribution is 2.12. The lowest BCUT2D eigenvalue weighted by molar-refractivity contribution is -0.140. The number of carbonyl (C=O) groups is 1. The molecule has 3 heteroatoms. The Kier molecular flexibility index (Phi) is 15.4. The van der Waals surface area contributed by atoms with Gasteiger partial charge in [0, 0.05) is 6.42 Å². The number of alkyl halides is 1. The van der Waals surface area contributed by atoms with Gasteiger partial charge in [0.15, 0.2) is 0 Å². The van der Waals surface area contributed by atoms with Gasteiger partial charge in [0.05, 0.1) is 7.11 Å². The van der Waals surface area contributed by atoms with Crippen molar-refractivity contribution < 1.29 is 9.53 Å². The molecule has 0 aliphatic rings. The Balaban J connectivity index is 2.97. The number of unbranched alkanes of at least 4 members (excludes halogenated alkanes) is 10. The second-order valence-corrected chi connectivity index (χ2v) is 5.98. The standard InChI is InChI=1S/C15H29IO2/c1-18-15(17)13-11-9-7-5-3-2-4-6-8-10-12-14-16/h2-14H2,1H3. The van der Waals surface area contributed by atoms with Crippen LogP contribution in [0.2, 0.25) is 0 Å². The third kappa shape index (κ3) is 14.3. The van der Waals surface area contributed by atoms with Gasteiger partial charge in [-0.1, -0.05) is 80.4 Å². The highest BCUT2D eigenvalue weighted by molar-refractivity contribution is 14.1. The fraction of sp³-hybridized carbons (Fsp3) is 0.933. The molecule has 108 valence electrons. The number of ether oxygens (including phenoxy) is 1. The Morgan fingerprint density at radius 2 is 1.17 bits per heavy atom. The van der Waals surface area contributed by atoms with Gasteiger partial charge in [0.25, 0.3) is 0 Å². The summed E-state index contributed by atoms with van der Waals surface area (Å²) < 4.78 is 5.92. The van der Waals surface area contributed by atoms with Crippen molar-refractivity contribution in [3.05, 3.63) is 0 Å². The number of hydrogen-bond acceptors (Lipinski definition) is 2. The van der Waals surface area contributed by atoms with E-state index in [-0.39, 0.29) is 5.97 Å². The first kappa shape index (κ1) is 18.2. The van der Waals surface area contributed by atoms with Crippen LogP contribution in [0.15, 0.2) is 0 Å². The average molecular weight is 368 g/mol. The van der Waals surface area contributed by atoms with Crippen molar-refractivity contribution in [3.8, 4) is 0 Å². The van der Waals surface area contributed by atoms with E-state index in [0.717, 1.165) is 6.42 Å². The van der Waals surface area contributed by atoms with Gasteiger partial charge in [0.1, 0.15) is 0 Å². The van der Waals surface area contributed by atoms with Crippen LogP contribution >= 0.6 is 22.6 Å². The molecule has 0 fully saturated rings. The molecule has 0 atom stereocenters. The molecule has 0 N–H and O–H groups in total. The quantitative estimate of drug-likeness (QED) is 0.191. The third-order valence-corrected chi connectivity index (χ3v) is 4.00. The summed E-state index contributed by atoms with van der Waals surface area (Å²) in [6.07, 6.45) is 15.1. The lowest BCUT2D eigenvalue weighted by Crippen LogP contribution is -1.99. The zero-order valence-corrected chi connectivity index (χ0v) is 14.0. The van der Waals surface area contributed by atoms with E-state index in [9.17, 15) is 4.79 Å². The average Bonchev–Trinajstić information content (AvgIpc) is 2.39. The molecule has 0 aliphatic carbocycles. The summed E-state index contributed by atoms with van der Waals surface area (Å²) in [7, 11) is 1.46. The molecule has 0 heterocycles. The molecule has 0 aliphatic heterocycles. The van der Waals surface area contributed by atoms with Crippen molar-refractivity contribution in [1.29, 1.82) is 0 Å².